The molecule has 0 N–H and O–H groups in total. The van der Waals surface area contributed by atoms with Crippen LogP contribution in [0.15, 0.2) is 77.3 Å². The van der Waals surface area contributed by atoms with Gasteiger partial charge in [-0.2, -0.15) is 0 Å². The standard InChI is InChI=1S/C22H12BrN/c23-14-9-11-20-19(12-14)17-7-3-6-16-18-10-8-13-4-1-2-5-15(13)21(18)24(20)22(16)17/h1-12H. The minimum atomic E-state index is 1.12. The Hall–Kier alpha value is -2.58. The Bertz CT molecular complexity index is 1410. The zero-order valence-corrected chi connectivity index (χ0v) is 14.3. The summed E-state index contributed by atoms with van der Waals surface area (Å²) in [7, 11) is 0. The Balaban J connectivity index is 2.08. The Morgan fingerprint density at radius 2 is 1.29 bits per heavy atom. The number of aromatic nitrogens is 1. The molecule has 112 valence electrons. The van der Waals surface area contributed by atoms with Gasteiger partial charge in [-0.25, -0.2) is 0 Å². The summed E-state index contributed by atoms with van der Waals surface area (Å²) in [5, 5.41) is 7.90. The Kier molecular flexibility index (Phi) is 2.28. The zero-order valence-electron chi connectivity index (χ0n) is 12.8. The molecule has 0 radical (unpaired) electrons. The minimum Gasteiger partial charge on any atom is -0.307 e. The zero-order chi connectivity index (χ0) is 15.8. The lowest BCUT2D eigenvalue weighted by Gasteiger charge is -2.03. The topological polar surface area (TPSA) is 4.41 Å². The summed E-state index contributed by atoms with van der Waals surface area (Å²) in [5.74, 6) is 0. The Morgan fingerprint density at radius 3 is 2.21 bits per heavy atom. The monoisotopic (exact) mass is 369 g/mol. The molecule has 0 spiro atoms. The first-order valence-electron chi connectivity index (χ1n) is 8.08. The van der Waals surface area contributed by atoms with Gasteiger partial charge in [-0.05, 0) is 23.6 Å². The third kappa shape index (κ3) is 1.41. The van der Waals surface area contributed by atoms with Crippen LogP contribution in [0.25, 0.3) is 48.9 Å². The van der Waals surface area contributed by atoms with Crippen molar-refractivity contribution in [2.45, 2.75) is 0 Å². The molecule has 0 saturated carbocycles. The number of benzene rings is 4. The van der Waals surface area contributed by atoms with Crippen LogP contribution in [0.3, 0.4) is 0 Å². The number of hydrogen-bond donors (Lipinski definition) is 0. The normalized spacial score (nSPS) is 12.4. The van der Waals surface area contributed by atoms with E-state index in [1.807, 2.05) is 0 Å². The maximum absolute atomic E-state index is 3.63. The van der Waals surface area contributed by atoms with Gasteiger partial charge in [0.1, 0.15) is 0 Å². The molecule has 0 atom stereocenters. The molecule has 6 rings (SSSR count). The van der Waals surface area contributed by atoms with Crippen LogP contribution in [-0.2, 0) is 0 Å². The first-order chi connectivity index (χ1) is 11.8. The van der Waals surface area contributed by atoms with Gasteiger partial charge in [-0.1, -0.05) is 70.5 Å². The third-order valence-corrected chi connectivity index (χ3v) is 5.66. The second-order valence-electron chi connectivity index (χ2n) is 6.38. The van der Waals surface area contributed by atoms with E-state index in [0.717, 1.165) is 4.47 Å². The minimum absolute atomic E-state index is 1.12. The number of rotatable bonds is 0. The average molecular weight is 370 g/mol. The van der Waals surface area contributed by atoms with Crippen LogP contribution in [0.2, 0.25) is 0 Å². The molecule has 0 aliphatic carbocycles. The van der Waals surface area contributed by atoms with Crippen LogP contribution < -0.4 is 0 Å². The molecule has 0 unspecified atom stereocenters. The van der Waals surface area contributed by atoms with Crippen LogP contribution in [-0.4, -0.2) is 4.40 Å². The van der Waals surface area contributed by atoms with E-state index in [4.69, 9.17) is 0 Å². The lowest BCUT2D eigenvalue weighted by Crippen LogP contribution is -1.82. The Labute approximate surface area is 146 Å². The van der Waals surface area contributed by atoms with Gasteiger partial charge in [-0.15, -0.1) is 0 Å². The van der Waals surface area contributed by atoms with Crippen LogP contribution in [0, 0.1) is 0 Å². The quantitative estimate of drug-likeness (QED) is 0.278. The first-order valence-corrected chi connectivity index (χ1v) is 8.87. The average Bonchev–Trinajstić information content (AvgIpc) is 3.13. The summed E-state index contributed by atoms with van der Waals surface area (Å²) in [6.07, 6.45) is 0. The molecule has 1 nitrogen and oxygen atoms in total. The van der Waals surface area contributed by atoms with Crippen molar-refractivity contribution in [1.29, 1.82) is 0 Å². The highest BCUT2D eigenvalue weighted by Crippen LogP contribution is 2.41. The molecule has 4 aromatic carbocycles. The lowest BCUT2D eigenvalue weighted by atomic mass is 10.0. The molecule has 0 fully saturated rings. The highest BCUT2D eigenvalue weighted by Gasteiger charge is 2.18. The van der Waals surface area contributed by atoms with Gasteiger partial charge in [0.15, 0.2) is 0 Å². The van der Waals surface area contributed by atoms with Gasteiger partial charge in [0.05, 0.1) is 16.6 Å². The van der Waals surface area contributed by atoms with Gasteiger partial charge < -0.3 is 4.40 Å². The van der Waals surface area contributed by atoms with Crippen molar-refractivity contribution in [3.63, 3.8) is 0 Å². The van der Waals surface area contributed by atoms with Gasteiger partial charge in [-0.3, -0.25) is 0 Å². The van der Waals surface area contributed by atoms with Crippen molar-refractivity contribution >= 4 is 64.8 Å². The lowest BCUT2D eigenvalue weighted by molar-refractivity contribution is 1.38. The SMILES string of the molecule is Brc1ccc2c(c1)c1cccc3c4ccc5ccccc5c4n2c13. The van der Waals surface area contributed by atoms with Gasteiger partial charge in [0.2, 0.25) is 0 Å². The predicted octanol–water partition coefficient (Wildman–Crippen LogP) is 6.75. The summed E-state index contributed by atoms with van der Waals surface area (Å²) < 4.78 is 3.57. The van der Waals surface area contributed by atoms with Gasteiger partial charge in [0.25, 0.3) is 0 Å². The summed E-state index contributed by atoms with van der Waals surface area (Å²) in [6.45, 7) is 0. The highest BCUT2D eigenvalue weighted by molar-refractivity contribution is 9.10. The number of halogens is 1. The van der Waals surface area contributed by atoms with Crippen molar-refractivity contribution in [3.8, 4) is 0 Å². The fraction of sp³-hybridized carbons (Fsp3) is 0. The molecule has 0 bridgehead atoms. The van der Waals surface area contributed by atoms with Crippen LogP contribution in [0.1, 0.15) is 0 Å². The molecule has 0 saturated heterocycles. The fourth-order valence-electron chi connectivity index (χ4n) is 4.20. The Morgan fingerprint density at radius 1 is 0.583 bits per heavy atom. The van der Waals surface area contributed by atoms with Crippen LogP contribution in [0.4, 0.5) is 0 Å². The van der Waals surface area contributed by atoms with Crippen molar-refractivity contribution in [1.82, 2.24) is 4.40 Å². The molecular weight excluding hydrogens is 358 g/mol. The van der Waals surface area contributed by atoms with Crippen LogP contribution >= 0.6 is 15.9 Å². The van der Waals surface area contributed by atoms with E-state index in [-0.39, 0.29) is 0 Å². The molecule has 6 aromatic rings. The first kappa shape index (κ1) is 12.8. The second kappa shape index (κ2) is 4.28. The number of nitrogens with zero attached hydrogens (tertiary/aromatic N) is 1. The molecular formula is C22H12BrN. The van der Waals surface area contributed by atoms with E-state index >= 15 is 0 Å². The summed E-state index contributed by atoms with van der Waals surface area (Å²) in [5.41, 5.74) is 3.92. The van der Waals surface area contributed by atoms with E-state index in [1.165, 1.54) is 48.9 Å². The van der Waals surface area contributed by atoms with E-state index in [2.05, 4.69) is 93.1 Å². The third-order valence-electron chi connectivity index (χ3n) is 5.16. The number of hydrogen-bond acceptors (Lipinski definition) is 0. The molecule has 2 heteroatoms. The molecule has 0 aliphatic heterocycles. The molecule has 2 aromatic heterocycles. The number of para-hydroxylation sites is 1. The second-order valence-corrected chi connectivity index (χ2v) is 7.30. The fourth-order valence-corrected chi connectivity index (χ4v) is 4.57. The highest BCUT2D eigenvalue weighted by atomic mass is 79.9. The van der Waals surface area contributed by atoms with E-state index in [0.29, 0.717) is 0 Å². The van der Waals surface area contributed by atoms with Crippen molar-refractivity contribution < 1.29 is 0 Å². The number of fused-ring (bicyclic) bond motifs is 8. The van der Waals surface area contributed by atoms with Crippen LogP contribution in [0.5, 0.6) is 0 Å². The van der Waals surface area contributed by atoms with Gasteiger partial charge >= 0.3 is 0 Å². The van der Waals surface area contributed by atoms with Crippen molar-refractivity contribution in [2.24, 2.45) is 0 Å². The maximum atomic E-state index is 3.63. The maximum Gasteiger partial charge on any atom is 0.0620 e. The van der Waals surface area contributed by atoms with Crippen molar-refractivity contribution in [2.75, 3.05) is 0 Å². The summed E-state index contributed by atoms with van der Waals surface area (Å²) in [4.78, 5) is 0. The molecule has 24 heavy (non-hydrogen) atoms. The van der Waals surface area contributed by atoms with E-state index in [9.17, 15) is 0 Å². The largest absolute Gasteiger partial charge is 0.307 e. The molecule has 2 heterocycles. The van der Waals surface area contributed by atoms with Gasteiger partial charge in [0, 0.05) is 31.4 Å². The molecule has 0 aliphatic rings. The summed E-state index contributed by atoms with van der Waals surface area (Å²) in [6, 6.07) is 26.4. The van der Waals surface area contributed by atoms with E-state index in [1.54, 1.807) is 0 Å². The smallest absolute Gasteiger partial charge is 0.0620 e. The molecule has 0 amide bonds. The predicted molar refractivity (Wildman–Crippen MR) is 106 cm³/mol. The van der Waals surface area contributed by atoms with E-state index < -0.39 is 0 Å². The summed E-state index contributed by atoms with van der Waals surface area (Å²) >= 11 is 3.63. The van der Waals surface area contributed by atoms with Crippen molar-refractivity contribution in [3.05, 3.63) is 77.3 Å².